The van der Waals surface area contributed by atoms with E-state index in [1.54, 1.807) is 6.20 Å². The first-order valence-corrected chi connectivity index (χ1v) is 4.48. The van der Waals surface area contributed by atoms with Crippen molar-refractivity contribution in [2.75, 3.05) is 0 Å². The lowest BCUT2D eigenvalue weighted by Gasteiger charge is -2.09. The molecular formula is C10H14F3N. The summed E-state index contributed by atoms with van der Waals surface area (Å²) in [6.45, 7) is 5.31. The van der Waals surface area contributed by atoms with Crippen LogP contribution >= 0.6 is 0 Å². The van der Waals surface area contributed by atoms with Gasteiger partial charge in [-0.15, -0.1) is 0 Å². The van der Waals surface area contributed by atoms with Crippen molar-refractivity contribution < 1.29 is 13.2 Å². The lowest BCUT2D eigenvalue weighted by atomic mass is 10.0. The number of aryl methyl sites for hydroxylation is 1. The van der Waals surface area contributed by atoms with Gasteiger partial charge in [0.05, 0.1) is 0 Å². The molecule has 0 unspecified atom stereocenters. The zero-order chi connectivity index (χ0) is 11.1. The summed E-state index contributed by atoms with van der Waals surface area (Å²) in [6.07, 6.45) is -2.70. The van der Waals surface area contributed by atoms with E-state index >= 15 is 0 Å². The maximum atomic E-state index is 12.6. The number of rotatable bonds is 1. The molecule has 0 aliphatic rings. The van der Waals surface area contributed by atoms with Gasteiger partial charge in [-0.2, -0.15) is 13.2 Å². The molecule has 1 heterocycles. The molecule has 14 heavy (non-hydrogen) atoms. The van der Waals surface area contributed by atoms with Gasteiger partial charge in [0.1, 0.15) is 5.69 Å². The summed E-state index contributed by atoms with van der Waals surface area (Å²) in [5.41, 5.74) is 0.566. The molecule has 4 heteroatoms. The maximum absolute atomic E-state index is 12.6. The number of hydrogen-bond acceptors (Lipinski definition) is 0. The van der Waals surface area contributed by atoms with Crippen molar-refractivity contribution in [2.24, 2.45) is 7.05 Å². The van der Waals surface area contributed by atoms with Crippen LogP contribution in [0, 0.1) is 6.92 Å². The fraction of sp³-hybridized carbons (Fsp3) is 0.600. The minimum absolute atomic E-state index is 0.122. The summed E-state index contributed by atoms with van der Waals surface area (Å²) in [5, 5.41) is 0. The second kappa shape index (κ2) is 3.33. The molecule has 1 nitrogen and oxygen atoms in total. The molecule has 0 bridgehead atoms. The molecule has 0 atom stereocenters. The van der Waals surface area contributed by atoms with Crippen LogP contribution in [0.1, 0.15) is 36.6 Å². The highest BCUT2D eigenvalue weighted by Crippen LogP contribution is 2.35. The van der Waals surface area contributed by atoms with Crippen LogP contribution in [0.4, 0.5) is 13.2 Å². The Kier molecular flexibility index (Phi) is 2.65. The van der Waals surface area contributed by atoms with Crippen molar-refractivity contribution in [2.45, 2.75) is 32.9 Å². The average Bonchev–Trinajstić information content (AvgIpc) is 2.24. The van der Waals surface area contributed by atoms with Gasteiger partial charge >= 0.3 is 6.18 Å². The van der Waals surface area contributed by atoms with Crippen LogP contribution in [0.3, 0.4) is 0 Å². The van der Waals surface area contributed by atoms with Crippen LogP contribution in [0.2, 0.25) is 0 Å². The van der Waals surface area contributed by atoms with Crippen LogP contribution in [-0.2, 0) is 13.2 Å². The molecule has 0 aliphatic heterocycles. The Hall–Kier alpha value is -0.930. The monoisotopic (exact) mass is 205 g/mol. The van der Waals surface area contributed by atoms with E-state index in [0.717, 1.165) is 10.1 Å². The first-order valence-electron chi connectivity index (χ1n) is 4.48. The van der Waals surface area contributed by atoms with Gasteiger partial charge in [-0.25, -0.2) is 0 Å². The third kappa shape index (κ3) is 1.79. The zero-order valence-electron chi connectivity index (χ0n) is 8.74. The molecule has 0 fully saturated rings. The zero-order valence-corrected chi connectivity index (χ0v) is 8.74. The summed E-state index contributed by atoms with van der Waals surface area (Å²) in [5.74, 6) is 0.122. The van der Waals surface area contributed by atoms with Gasteiger partial charge in [0.15, 0.2) is 0 Å². The SMILES string of the molecule is Cc1c(C(C)C)cn(C)c1C(F)(F)F. The van der Waals surface area contributed by atoms with E-state index in [0.29, 0.717) is 5.56 Å². The predicted molar refractivity (Wildman–Crippen MR) is 49.2 cm³/mol. The van der Waals surface area contributed by atoms with Crippen molar-refractivity contribution in [3.05, 3.63) is 23.0 Å². The van der Waals surface area contributed by atoms with Crippen LogP contribution in [0.15, 0.2) is 6.20 Å². The van der Waals surface area contributed by atoms with E-state index < -0.39 is 11.9 Å². The molecule has 80 valence electrons. The van der Waals surface area contributed by atoms with Gasteiger partial charge in [0, 0.05) is 13.2 Å². The van der Waals surface area contributed by atoms with Gasteiger partial charge < -0.3 is 4.57 Å². The highest BCUT2D eigenvalue weighted by Gasteiger charge is 2.36. The topological polar surface area (TPSA) is 4.93 Å². The Morgan fingerprint density at radius 3 is 2.00 bits per heavy atom. The Bertz CT molecular complexity index is 334. The van der Waals surface area contributed by atoms with Crippen LogP contribution in [-0.4, -0.2) is 4.57 Å². The predicted octanol–water partition coefficient (Wildman–Crippen LogP) is 3.48. The highest BCUT2D eigenvalue weighted by molar-refractivity contribution is 5.34. The van der Waals surface area contributed by atoms with E-state index in [1.165, 1.54) is 14.0 Å². The normalized spacial score (nSPS) is 12.6. The molecule has 1 aromatic rings. The minimum atomic E-state index is -4.26. The van der Waals surface area contributed by atoms with Gasteiger partial charge in [0.2, 0.25) is 0 Å². The summed E-state index contributed by atoms with van der Waals surface area (Å²) in [4.78, 5) is 0. The Morgan fingerprint density at radius 2 is 1.79 bits per heavy atom. The Labute approximate surface area is 81.5 Å². The fourth-order valence-electron chi connectivity index (χ4n) is 1.77. The number of nitrogens with zero attached hydrogens (tertiary/aromatic N) is 1. The van der Waals surface area contributed by atoms with Crippen LogP contribution in [0.5, 0.6) is 0 Å². The third-order valence-corrected chi connectivity index (χ3v) is 2.36. The molecule has 0 aromatic carbocycles. The van der Waals surface area contributed by atoms with E-state index in [-0.39, 0.29) is 5.92 Å². The number of hydrogen-bond donors (Lipinski definition) is 0. The molecular weight excluding hydrogens is 191 g/mol. The molecule has 1 aromatic heterocycles. The van der Waals surface area contributed by atoms with E-state index in [1.807, 2.05) is 13.8 Å². The average molecular weight is 205 g/mol. The maximum Gasteiger partial charge on any atom is 0.431 e. The molecule has 0 N–H and O–H groups in total. The van der Waals surface area contributed by atoms with E-state index in [4.69, 9.17) is 0 Å². The largest absolute Gasteiger partial charge is 0.431 e. The summed E-state index contributed by atoms with van der Waals surface area (Å²) < 4.78 is 38.9. The first kappa shape index (κ1) is 11.1. The number of halogens is 3. The van der Waals surface area contributed by atoms with E-state index in [2.05, 4.69) is 0 Å². The van der Waals surface area contributed by atoms with E-state index in [9.17, 15) is 13.2 Å². The van der Waals surface area contributed by atoms with Gasteiger partial charge in [-0.05, 0) is 24.0 Å². The smallest absolute Gasteiger partial charge is 0.347 e. The summed E-state index contributed by atoms with van der Waals surface area (Å²) in [7, 11) is 1.43. The van der Waals surface area contributed by atoms with Gasteiger partial charge in [-0.1, -0.05) is 13.8 Å². The second-order valence-corrected chi connectivity index (χ2v) is 3.82. The van der Waals surface area contributed by atoms with Crippen molar-refractivity contribution in [3.8, 4) is 0 Å². The molecule has 0 amide bonds. The molecule has 0 aliphatic carbocycles. The number of alkyl halides is 3. The van der Waals surface area contributed by atoms with Crippen molar-refractivity contribution in [1.29, 1.82) is 0 Å². The molecule has 0 radical (unpaired) electrons. The molecule has 0 saturated heterocycles. The number of aromatic nitrogens is 1. The summed E-state index contributed by atoms with van der Waals surface area (Å²) >= 11 is 0. The second-order valence-electron chi connectivity index (χ2n) is 3.82. The molecule has 0 spiro atoms. The lowest BCUT2D eigenvalue weighted by Crippen LogP contribution is -2.12. The van der Waals surface area contributed by atoms with Crippen LogP contribution < -0.4 is 0 Å². The Morgan fingerprint density at radius 1 is 1.29 bits per heavy atom. The van der Waals surface area contributed by atoms with Crippen molar-refractivity contribution in [1.82, 2.24) is 4.57 Å². The van der Waals surface area contributed by atoms with Crippen molar-refractivity contribution >= 4 is 0 Å². The minimum Gasteiger partial charge on any atom is -0.347 e. The third-order valence-electron chi connectivity index (χ3n) is 2.36. The van der Waals surface area contributed by atoms with Gasteiger partial charge in [-0.3, -0.25) is 0 Å². The quantitative estimate of drug-likeness (QED) is 0.661. The summed E-state index contributed by atoms with van der Waals surface area (Å²) in [6, 6.07) is 0. The van der Waals surface area contributed by atoms with Gasteiger partial charge in [0.25, 0.3) is 0 Å². The Balaban J connectivity index is 3.33. The molecule has 1 rings (SSSR count). The van der Waals surface area contributed by atoms with Crippen molar-refractivity contribution in [3.63, 3.8) is 0 Å². The first-order chi connectivity index (χ1) is 6.25. The molecule has 0 saturated carbocycles. The lowest BCUT2D eigenvalue weighted by molar-refractivity contribution is -0.143. The standard InChI is InChI=1S/C10H14F3N/c1-6(2)8-5-14(4)9(7(8)3)10(11,12)13/h5-6H,1-4H3. The fourth-order valence-corrected chi connectivity index (χ4v) is 1.77. The highest BCUT2D eigenvalue weighted by atomic mass is 19.4. The van der Waals surface area contributed by atoms with Crippen LogP contribution in [0.25, 0.3) is 0 Å².